The molecule has 70 valence electrons. The lowest BCUT2D eigenvalue weighted by Crippen LogP contribution is -2.40. The second-order valence-electron chi connectivity index (χ2n) is 3.04. The Hall–Kier alpha value is -0.900. The molecule has 0 bridgehead atoms. The Morgan fingerprint density at radius 3 is 2.62 bits per heavy atom. The Kier molecular flexibility index (Phi) is 2.07. The first-order valence-corrected chi connectivity index (χ1v) is 4.26. The fourth-order valence-corrected chi connectivity index (χ4v) is 1.75. The summed E-state index contributed by atoms with van der Waals surface area (Å²) in [7, 11) is 3.28. The molecule has 0 aromatic heterocycles. The molecule has 1 aliphatic rings. The number of methoxy groups -OCH3 is 2. The molecule has 1 heterocycles. The van der Waals surface area contributed by atoms with Crippen LogP contribution in [0.4, 0.5) is 0 Å². The number of fused-ring (bicyclic) bond motifs is 1. The van der Waals surface area contributed by atoms with Gasteiger partial charge in [-0.25, -0.2) is 0 Å². The van der Waals surface area contributed by atoms with Crippen molar-refractivity contribution < 1.29 is 9.47 Å². The van der Waals surface area contributed by atoms with E-state index in [1.807, 2.05) is 18.2 Å². The zero-order chi connectivity index (χ0) is 9.31. The van der Waals surface area contributed by atoms with Crippen LogP contribution in [0.5, 0.6) is 0 Å². The first-order chi connectivity index (χ1) is 6.32. The summed E-state index contributed by atoms with van der Waals surface area (Å²) in [5.74, 6) is -0.739. The van der Waals surface area contributed by atoms with E-state index in [1.54, 1.807) is 14.2 Å². The molecule has 0 amide bonds. The van der Waals surface area contributed by atoms with Gasteiger partial charge in [0.15, 0.2) is 0 Å². The van der Waals surface area contributed by atoms with Gasteiger partial charge in [0.05, 0.1) is 0 Å². The van der Waals surface area contributed by atoms with Gasteiger partial charge in [-0.15, -0.1) is 0 Å². The van der Waals surface area contributed by atoms with Crippen LogP contribution in [0.25, 0.3) is 0 Å². The van der Waals surface area contributed by atoms with Crippen LogP contribution < -0.4 is 5.32 Å². The molecule has 13 heavy (non-hydrogen) atoms. The molecule has 1 N–H and O–H groups in total. The number of hydrogen-bond acceptors (Lipinski definition) is 3. The highest BCUT2D eigenvalue weighted by atomic mass is 16.7. The van der Waals surface area contributed by atoms with Crippen molar-refractivity contribution in [2.45, 2.75) is 12.5 Å². The van der Waals surface area contributed by atoms with Crippen LogP contribution >= 0.6 is 0 Å². The molecule has 1 aliphatic heterocycles. The standard InChI is InChI=1S/C10H13NO2/c1-12-10(13-2)9-6-4-3-5-8(9)7-11-10/h3-6,11H,7H2,1-2H3. The summed E-state index contributed by atoms with van der Waals surface area (Å²) in [5, 5.41) is 3.19. The molecule has 0 saturated heterocycles. The third-order valence-corrected chi connectivity index (χ3v) is 2.46. The van der Waals surface area contributed by atoms with Gasteiger partial charge in [-0.05, 0) is 5.56 Å². The van der Waals surface area contributed by atoms with Crippen LogP contribution in [-0.4, -0.2) is 14.2 Å². The largest absolute Gasteiger partial charge is 0.337 e. The zero-order valence-electron chi connectivity index (χ0n) is 7.83. The predicted molar refractivity (Wildman–Crippen MR) is 49.0 cm³/mol. The first kappa shape index (κ1) is 8.69. The minimum atomic E-state index is -0.739. The van der Waals surface area contributed by atoms with Gasteiger partial charge in [0.2, 0.25) is 0 Å². The van der Waals surface area contributed by atoms with Crippen molar-refractivity contribution in [3.63, 3.8) is 0 Å². The minimum absolute atomic E-state index is 0.739. The molecule has 0 saturated carbocycles. The summed E-state index contributed by atoms with van der Waals surface area (Å²) in [5.41, 5.74) is 2.30. The van der Waals surface area contributed by atoms with E-state index in [9.17, 15) is 0 Å². The maximum absolute atomic E-state index is 5.34. The van der Waals surface area contributed by atoms with Crippen LogP contribution in [0, 0.1) is 0 Å². The molecular weight excluding hydrogens is 166 g/mol. The molecule has 0 atom stereocenters. The molecule has 1 aromatic rings. The van der Waals surface area contributed by atoms with E-state index in [1.165, 1.54) is 5.56 Å². The monoisotopic (exact) mass is 179 g/mol. The van der Waals surface area contributed by atoms with Gasteiger partial charge in [0.1, 0.15) is 0 Å². The van der Waals surface area contributed by atoms with E-state index in [2.05, 4.69) is 11.4 Å². The lowest BCUT2D eigenvalue weighted by Gasteiger charge is -2.26. The maximum atomic E-state index is 5.34. The van der Waals surface area contributed by atoms with Crippen molar-refractivity contribution >= 4 is 0 Å². The smallest absolute Gasteiger partial charge is 0.255 e. The molecule has 0 unspecified atom stereocenters. The van der Waals surface area contributed by atoms with Crippen molar-refractivity contribution in [2.75, 3.05) is 14.2 Å². The average Bonchev–Trinajstić information content (AvgIpc) is 2.58. The van der Waals surface area contributed by atoms with Gasteiger partial charge in [0.25, 0.3) is 5.91 Å². The van der Waals surface area contributed by atoms with E-state index in [0.717, 1.165) is 12.1 Å². The lowest BCUT2D eigenvalue weighted by molar-refractivity contribution is -0.232. The molecule has 0 fully saturated rings. The van der Waals surface area contributed by atoms with E-state index < -0.39 is 5.91 Å². The molecular formula is C10H13NO2. The van der Waals surface area contributed by atoms with Gasteiger partial charge in [0, 0.05) is 26.3 Å². The molecule has 0 aliphatic carbocycles. The topological polar surface area (TPSA) is 30.5 Å². The third-order valence-electron chi connectivity index (χ3n) is 2.46. The summed E-state index contributed by atoms with van der Waals surface area (Å²) >= 11 is 0. The van der Waals surface area contributed by atoms with Gasteiger partial charge >= 0.3 is 0 Å². The normalized spacial score (nSPS) is 18.6. The van der Waals surface area contributed by atoms with E-state index in [4.69, 9.17) is 9.47 Å². The van der Waals surface area contributed by atoms with Gasteiger partial charge in [-0.2, -0.15) is 0 Å². The fourth-order valence-electron chi connectivity index (χ4n) is 1.75. The van der Waals surface area contributed by atoms with E-state index in [0.29, 0.717) is 0 Å². The van der Waals surface area contributed by atoms with Crippen LogP contribution in [0.2, 0.25) is 0 Å². The second kappa shape index (κ2) is 3.10. The Balaban J connectivity index is 2.47. The van der Waals surface area contributed by atoms with Crippen LogP contribution in [0.1, 0.15) is 11.1 Å². The van der Waals surface area contributed by atoms with Gasteiger partial charge < -0.3 is 9.47 Å². The lowest BCUT2D eigenvalue weighted by atomic mass is 10.1. The molecule has 0 radical (unpaired) electrons. The number of benzene rings is 1. The van der Waals surface area contributed by atoms with Crippen molar-refractivity contribution in [1.29, 1.82) is 0 Å². The van der Waals surface area contributed by atoms with Gasteiger partial charge in [-0.1, -0.05) is 24.3 Å². The van der Waals surface area contributed by atoms with Crippen molar-refractivity contribution in [3.05, 3.63) is 35.4 Å². The zero-order valence-corrected chi connectivity index (χ0v) is 7.83. The maximum Gasteiger partial charge on any atom is 0.255 e. The van der Waals surface area contributed by atoms with Crippen molar-refractivity contribution in [1.82, 2.24) is 5.32 Å². The van der Waals surface area contributed by atoms with Crippen LogP contribution in [0.3, 0.4) is 0 Å². The Morgan fingerprint density at radius 1 is 1.23 bits per heavy atom. The average molecular weight is 179 g/mol. The fraction of sp³-hybridized carbons (Fsp3) is 0.400. The summed E-state index contributed by atoms with van der Waals surface area (Å²) in [6.07, 6.45) is 0. The summed E-state index contributed by atoms with van der Waals surface area (Å²) < 4.78 is 10.7. The molecule has 2 rings (SSSR count). The van der Waals surface area contributed by atoms with Crippen molar-refractivity contribution in [2.24, 2.45) is 0 Å². The minimum Gasteiger partial charge on any atom is -0.337 e. The van der Waals surface area contributed by atoms with Gasteiger partial charge in [-0.3, -0.25) is 5.32 Å². The van der Waals surface area contributed by atoms with E-state index in [-0.39, 0.29) is 0 Å². The second-order valence-corrected chi connectivity index (χ2v) is 3.04. The molecule has 3 heteroatoms. The number of hydrogen-bond donors (Lipinski definition) is 1. The highest BCUT2D eigenvalue weighted by Gasteiger charge is 2.38. The molecule has 0 spiro atoms. The number of ether oxygens (including phenoxy) is 2. The third kappa shape index (κ3) is 1.16. The molecule has 1 aromatic carbocycles. The van der Waals surface area contributed by atoms with Crippen LogP contribution in [-0.2, 0) is 21.9 Å². The van der Waals surface area contributed by atoms with Crippen LogP contribution in [0.15, 0.2) is 24.3 Å². The number of rotatable bonds is 2. The number of nitrogens with one attached hydrogen (secondary N) is 1. The summed E-state index contributed by atoms with van der Waals surface area (Å²) in [4.78, 5) is 0. The Labute approximate surface area is 77.7 Å². The summed E-state index contributed by atoms with van der Waals surface area (Å²) in [6, 6.07) is 8.09. The quantitative estimate of drug-likeness (QED) is 0.692. The Bertz CT molecular complexity index is 308. The predicted octanol–water partition coefficient (Wildman–Crippen LogP) is 1.19. The first-order valence-electron chi connectivity index (χ1n) is 4.26. The SMILES string of the molecule is COC1(OC)NCc2ccccc21. The van der Waals surface area contributed by atoms with Crippen molar-refractivity contribution in [3.8, 4) is 0 Å². The Morgan fingerprint density at radius 2 is 1.92 bits per heavy atom. The highest BCUT2D eigenvalue weighted by molar-refractivity contribution is 5.34. The van der Waals surface area contributed by atoms with E-state index >= 15 is 0 Å². The molecule has 3 nitrogen and oxygen atoms in total. The highest BCUT2D eigenvalue weighted by Crippen LogP contribution is 2.31. The summed E-state index contributed by atoms with van der Waals surface area (Å²) in [6.45, 7) is 0.790.